The Hall–Kier alpha value is -2.17. The van der Waals surface area contributed by atoms with Gasteiger partial charge in [0.25, 0.3) is 0 Å². The standard InChI is InChI=1S/C15H18N4O/c20-15(13-2-1-3-13)17-9-11-19-10-6-14(18-19)12-4-7-16-8-5-12/h4-8,10,13H,1-3,9,11H2,(H,17,20). The molecule has 1 N–H and O–H groups in total. The summed E-state index contributed by atoms with van der Waals surface area (Å²) in [4.78, 5) is 15.7. The number of nitrogens with one attached hydrogen (secondary N) is 1. The van der Waals surface area contributed by atoms with Crippen molar-refractivity contribution >= 4 is 5.91 Å². The molecule has 1 fully saturated rings. The number of pyridine rings is 1. The van der Waals surface area contributed by atoms with Gasteiger partial charge in [0.15, 0.2) is 0 Å². The smallest absolute Gasteiger partial charge is 0.223 e. The quantitative estimate of drug-likeness (QED) is 0.902. The monoisotopic (exact) mass is 270 g/mol. The van der Waals surface area contributed by atoms with Crippen molar-refractivity contribution in [2.45, 2.75) is 25.8 Å². The van der Waals surface area contributed by atoms with Crippen molar-refractivity contribution in [3.05, 3.63) is 36.8 Å². The maximum atomic E-state index is 11.7. The molecule has 104 valence electrons. The molecule has 1 aliphatic rings. The molecule has 0 bridgehead atoms. The molecule has 5 heteroatoms. The summed E-state index contributed by atoms with van der Waals surface area (Å²) in [5, 5.41) is 7.47. The van der Waals surface area contributed by atoms with Crippen molar-refractivity contribution < 1.29 is 4.79 Å². The zero-order valence-electron chi connectivity index (χ0n) is 11.3. The summed E-state index contributed by atoms with van der Waals surface area (Å²) in [5.74, 6) is 0.442. The van der Waals surface area contributed by atoms with Crippen molar-refractivity contribution in [2.24, 2.45) is 5.92 Å². The van der Waals surface area contributed by atoms with E-state index in [4.69, 9.17) is 0 Å². The van der Waals surface area contributed by atoms with E-state index in [2.05, 4.69) is 15.4 Å². The van der Waals surface area contributed by atoms with E-state index >= 15 is 0 Å². The van der Waals surface area contributed by atoms with Crippen LogP contribution < -0.4 is 5.32 Å². The number of amides is 1. The molecular formula is C15H18N4O. The predicted molar refractivity (Wildman–Crippen MR) is 75.8 cm³/mol. The average molecular weight is 270 g/mol. The van der Waals surface area contributed by atoms with Crippen LogP contribution in [0.2, 0.25) is 0 Å². The summed E-state index contributed by atoms with van der Waals surface area (Å²) in [5.41, 5.74) is 1.98. The lowest BCUT2D eigenvalue weighted by Crippen LogP contribution is -2.36. The van der Waals surface area contributed by atoms with Crippen LogP contribution in [0.1, 0.15) is 19.3 Å². The van der Waals surface area contributed by atoms with Gasteiger partial charge in [-0.05, 0) is 31.0 Å². The van der Waals surface area contributed by atoms with Crippen LogP contribution in [-0.4, -0.2) is 27.2 Å². The van der Waals surface area contributed by atoms with Crippen molar-refractivity contribution in [2.75, 3.05) is 6.54 Å². The molecule has 1 saturated carbocycles. The lowest BCUT2D eigenvalue weighted by molar-refractivity contribution is -0.127. The normalized spacial score (nSPS) is 14.8. The third kappa shape index (κ3) is 2.87. The second-order valence-electron chi connectivity index (χ2n) is 5.12. The van der Waals surface area contributed by atoms with E-state index in [1.54, 1.807) is 12.4 Å². The van der Waals surface area contributed by atoms with Gasteiger partial charge in [0.2, 0.25) is 5.91 Å². The molecule has 0 atom stereocenters. The fourth-order valence-electron chi connectivity index (χ4n) is 2.27. The molecule has 2 heterocycles. The summed E-state index contributed by atoms with van der Waals surface area (Å²) in [6.07, 6.45) is 8.72. The summed E-state index contributed by atoms with van der Waals surface area (Å²) in [6, 6.07) is 5.85. The Kier molecular flexibility index (Phi) is 3.76. The van der Waals surface area contributed by atoms with Gasteiger partial charge in [-0.25, -0.2) is 0 Å². The van der Waals surface area contributed by atoms with E-state index in [1.807, 2.05) is 29.1 Å². The molecule has 2 aromatic heterocycles. The minimum Gasteiger partial charge on any atom is -0.354 e. The van der Waals surface area contributed by atoms with Gasteiger partial charge in [-0.3, -0.25) is 14.5 Å². The number of aromatic nitrogens is 3. The maximum Gasteiger partial charge on any atom is 0.223 e. The van der Waals surface area contributed by atoms with Gasteiger partial charge >= 0.3 is 0 Å². The lowest BCUT2D eigenvalue weighted by Gasteiger charge is -2.23. The third-order valence-electron chi connectivity index (χ3n) is 3.73. The average Bonchev–Trinajstić information content (AvgIpc) is 2.86. The topological polar surface area (TPSA) is 59.8 Å². The van der Waals surface area contributed by atoms with Crippen LogP contribution in [0, 0.1) is 5.92 Å². The first kappa shape index (κ1) is 12.8. The zero-order chi connectivity index (χ0) is 13.8. The van der Waals surface area contributed by atoms with Crippen LogP contribution >= 0.6 is 0 Å². The molecule has 0 aliphatic heterocycles. The molecule has 1 amide bonds. The minimum atomic E-state index is 0.192. The fraction of sp³-hybridized carbons (Fsp3) is 0.400. The molecule has 20 heavy (non-hydrogen) atoms. The van der Waals surface area contributed by atoms with E-state index < -0.39 is 0 Å². The molecule has 0 aromatic carbocycles. The highest BCUT2D eigenvalue weighted by Gasteiger charge is 2.24. The maximum absolute atomic E-state index is 11.7. The fourth-order valence-corrected chi connectivity index (χ4v) is 2.27. The molecule has 1 aliphatic carbocycles. The highest BCUT2D eigenvalue weighted by molar-refractivity contribution is 5.79. The summed E-state index contributed by atoms with van der Waals surface area (Å²) in [6.45, 7) is 1.33. The Balaban J connectivity index is 1.51. The highest BCUT2D eigenvalue weighted by Crippen LogP contribution is 2.26. The van der Waals surface area contributed by atoms with Crippen LogP contribution in [0.3, 0.4) is 0 Å². The van der Waals surface area contributed by atoms with Gasteiger partial charge < -0.3 is 5.32 Å². The van der Waals surface area contributed by atoms with Gasteiger partial charge in [-0.15, -0.1) is 0 Å². The SMILES string of the molecule is O=C(NCCn1ccc(-c2ccncc2)n1)C1CCC1. The molecule has 5 nitrogen and oxygen atoms in total. The number of hydrogen-bond acceptors (Lipinski definition) is 3. The van der Waals surface area contributed by atoms with Gasteiger partial charge in [0.1, 0.15) is 0 Å². The Labute approximate surface area is 118 Å². The van der Waals surface area contributed by atoms with E-state index in [1.165, 1.54) is 6.42 Å². The Bertz CT molecular complexity index is 575. The van der Waals surface area contributed by atoms with Gasteiger partial charge in [-0.1, -0.05) is 6.42 Å². The lowest BCUT2D eigenvalue weighted by atomic mass is 9.85. The Morgan fingerprint density at radius 3 is 2.80 bits per heavy atom. The Morgan fingerprint density at radius 2 is 2.10 bits per heavy atom. The second kappa shape index (κ2) is 5.86. The first-order chi connectivity index (χ1) is 9.83. The molecule has 0 spiro atoms. The molecule has 0 unspecified atom stereocenters. The molecule has 0 radical (unpaired) electrons. The van der Waals surface area contributed by atoms with Crippen molar-refractivity contribution in [3.63, 3.8) is 0 Å². The van der Waals surface area contributed by atoms with Crippen LogP contribution in [0.5, 0.6) is 0 Å². The van der Waals surface area contributed by atoms with E-state index in [0.29, 0.717) is 13.1 Å². The first-order valence-corrected chi connectivity index (χ1v) is 7.04. The van der Waals surface area contributed by atoms with E-state index in [0.717, 1.165) is 24.1 Å². The van der Waals surface area contributed by atoms with Crippen molar-refractivity contribution in [3.8, 4) is 11.3 Å². The Morgan fingerprint density at radius 1 is 1.30 bits per heavy atom. The van der Waals surface area contributed by atoms with E-state index in [-0.39, 0.29) is 11.8 Å². The predicted octanol–water partition coefficient (Wildman–Crippen LogP) is 1.86. The van der Waals surface area contributed by atoms with Crippen LogP contribution in [-0.2, 0) is 11.3 Å². The molecule has 3 rings (SSSR count). The second-order valence-corrected chi connectivity index (χ2v) is 5.12. The summed E-state index contributed by atoms with van der Waals surface area (Å²) in [7, 11) is 0. The largest absolute Gasteiger partial charge is 0.354 e. The summed E-state index contributed by atoms with van der Waals surface area (Å²) < 4.78 is 1.86. The van der Waals surface area contributed by atoms with Crippen LogP contribution in [0.4, 0.5) is 0 Å². The van der Waals surface area contributed by atoms with E-state index in [9.17, 15) is 4.79 Å². The third-order valence-corrected chi connectivity index (χ3v) is 3.73. The van der Waals surface area contributed by atoms with Crippen molar-refractivity contribution in [1.29, 1.82) is 0 Å². The van der Waals surface area contributed by atoms with Gasteiger partial charge in [-0.2, -0.15) is 5.10 Å². The number of rotatable bonds is 5. The first-order valence-electron chi connectivity index (χ1n) is 7.04. The molecule has 2 aromatic rings. The molecule has 0 saturated heterocycles. The van der Waals surface area contributed by atoms with Crippen LogP contribution in [0.15, 0.2) is 36.8 Å². The number of nitrogens with zero attached hydrogens (tertiary/aromatic N) is 3. The van der Waals surface area contributed by atoms with Gasteiger partial charge in [0, 0.05) is 36.6 Å². The highest BCUT2D eigenvalue weighted by atomic mass is 16.1. The summed E-state index contributed by atoms with van der Waals surface area (Å²) >= 11 is 0. The van der Waals surface area contributed by atoms with Crippen molar-refractivity contribution in [1.82, 2.24) is 20.1 Å². The number of carbonyl (C=O) groups excluding carboxylic acids is 1. The zero-order valence-corrected chi connectivity index (χ0v) is 11.3. The van der Waals surface area contributed by atoms with Gasteiger partial charge in [0.05, 0.1) is 12.2 Å². The molecular weight excluding hydrogens is 252 g/mol. The van der Waals surface area contributed by atoms with Crippen LogP contribution in [0.25, 0.3) is 11.3 Å². The minimum absolute atomic E-state index is 0.192. The number of hydrogen-bond donors (Lipinski definition) is 1. The number of carbonyl (C=O) groups is 1.